The normalized spacial score (nSPS) is 10.7. The zero-order valence-electron chi connectivity index (χ0n) is 18.7. The second-order valence-corrected chi connectivity index (χ2v) is 7.49. The number of likely N-dealkylation sites (N-methyl/N-ethyl adjacent to an activating group) is 1. The number of benzene rings is 3. The van der Waals surface area contributed by atoms with Gasteiger partial charge in [0.1, 0.15) is 12.4 Å². The maximum atomic E-state index is 12.5. The van der Waals surface area contributed by atoms with Gasteiger partial charge in [-0.2, -0.15) is 0 Å². The summed E-state index contributed by atoms with van der Waals surface area (Å²) in [6.45, 7) is 7.75. The van der Waals surface area contributed by atoms with E-state index in [0.29, 0.717) is 17.9 Å². The molecule has 0 saturated heterocycles. The SMILES string of the molecule is CCN(CC)CCOc1ccc(NC(=O)CC(=O)c2ccc(-c3ccccc3)cc2)cc1. The third-order valence-corrected chi connectivity index (χ3v) is 5.34. The van der Waals surface area contributed by atoms with Crippen LogP contribution in [0.15, 0.2) is 78.9 Å². The van der Waals surface area contributed by atoms with Gasteiger partial charge in [0.05, 0.1) is 6.42 Å². The molecule has 3 aromatic carbocycles. The summed E-state index contributed by atoms with van der Waals surface area (Å²) in [4.78, 5) is 27.1. The fourth-order valence-corrected chi connectivity index (χ4v) is 3.40. The van der Waals surface area contributed by atoms with Crippen molar-refractivity contribution >= 4 is 17.4 Å². The van der Waals surface area contributed by atoms with E-state index in [1.165, 1.54) is 0 Å². The summed E-state index contributed by atoms with van der Waals surface area (Å²) < 4.78 is 5.76. The summed E-state index contributed by atoms with van der Waals surface area (Å²) >= 11 is 0. The Labute approximate surface area is 190 Å². The number of anilines is 1. The highest BCUT2D eigenvalue weighted by molar-refractivity contribution is 6.11. The topological polar surface area (TPSA) is 58.6 Å². The van der Waals surface area contributed by atoms with Gasteiger partial charge in [0.2, 0.25) is 5.91 Å². The lowest BCUT2D eigenvalue weighted by molar-refractivity contribution is -0.115. The molecule has 166 valence electrons. The van der Waals surface area contributed by atoms with Gasteiger partial charge in [-0.25, -0.2) is 0 Å². The van der Waals surface area contributed by atoms with Gasteiger partial charge in [-0.1, -0.05) is 68.4 Å². The average molecular weight is 431 g/mol. The van der Waals surface area contributed by atoms with Crippen LogP contribution in [0.2, 0.25) is 0 Å². The molecule has 0 fully saturated rings. The number of ketones is 1. The first kappa shape index (κ1) is 23.2. The number of amides is 1. The molecule has 0 saturated carbocycles. The Kier molecular flexibility index (Phi) is 8.58. The smallest absolute Gasteiger partial charge is 0.232 e. The first-order valence-corrected chi connectivity index (χ1v) is 11.0. The van der Waals surface area contributed by atoms with Crippen molar-refractivity contribution in [1.82, 2.24) is 4.90 Å². The van der Waals surface area contributed by atoms with E-state index in [9.17, 15) is 9.59 Å². The van der Waals surface area contributed by atoms with E-state index in [2.05, 4.69) is 24.1 Å². The minimum Gasteiger partial charge on any atom is -0.492 e. The molecule has 5 nitrogen and oxygen atoms in total. The molecule has 0 heterocycles. The van der Waals surface area contributed by atoms with Crippen LogP contribution in [-0.4, -0.2) is 42.8 Å². The van der Waals surface area contributed by atoms with Crippen molar-refractivity contribution in [2.24, 2.45) is 0 Å². The van der Waals surface area contributed by atoms with Gasteiger partial charge in [-0.05, 0) is 48.5 Å². The molecule has 5 heteroatoms. The Morgan fingerprint density at radius 1 is 0.812 bits per heavy atom. The quantitative estimate of drug-likeness (QED) is 0.332. The lowest BCUT2D eigenvalue weighted by atomic mass is 10.0. The molecule has 0 atom stereocenters. The van der Waals surface area contributed by atoms with Crippen molar-refractivity contribution < 1.29 is 14.3 Å². The summed E-state index contributed by atoms with van der Waals surface area (Å²) in [7, 11) is 0. The number of hydrogen-bond donors (Lipinski definition) is 1. The number of hydrogen-bond acceptors (Lipinski definition) is 4. The highest BCUT2D eigenvalue weighted by Crippen LogP contribution is 2.20. The lowest BCUT2D eigenvalue weighted by Gasteiger charge is -2.18. The van der Waals surface area contributed by atoms with Crippen molar-refractivity contribution in [2.45, 2.75) is 20.3 Å². The van der Waals surface area contributed by atoms with Gasteiger partial charge >= 0.3 is 0 Å². The van der Waals surface area contributed by atoms with Crippen molar-refractivity contribution in [2.75, 3.05) is 31.6 Å². The van der Waals surface area contributed by atoms with Crippen molar-refractivity contribution in [3.05, 3.63) is 84.4 Å². The van der Waals surface area contributed by atoms with Crippen LogP contribution in [0, 0.1) is 0 Å². The molecule has 3 aromatic rings. The summed E-state index contributed by atoms with van der Waals surface area (Å²) in [5, 5.41) is 2.78. The second-order valence-electron chi connectivity index (χ2n) is 7.49. The van der Waals surface area contributed by atoms with Gasteiger partial charge < -0.3 is 15.0 Å². The summed E-state index contributed by atoms with van der Waals surface area (Å²) in [5.74, 6) is 0.209. The average Bonchev–Trinajstić information content (AvgIpc) is 2.83. The fraction of sp³-hybridized carbons (Fsp3) is 0.259. The Morgan fingerprint density at radius 2 is 1.44 bits per heavy atom. The molecule has 0 unspecified atom stereocenters. The number of carbonyl (C=O) groups excluding carboxylic acids is 2. The summed E-state index contributed by atoms with van der Waals surface area (Å²) in [5.41, 5.74) is 3.28. The molecule has 0 aliphatic rings. The first-order valence-electron chi connectivity index (χ1n) is 11.0. The molecule has 0 aliphatic carbocycles. The molecule has 32 heavy (non-hydrogen) atoms. The summed E-state index contributed by atoms with van der Waals surface area (Å²) in [6.07, 6.45) is -0.202. The molecule has 0 aliphatic heterocycles. The zero-order chi connectivity index (χ0) is 22.8. The van der Waals surface area contributed by atoms with Crippen molar-refractivity contribution in [3.63, 3.8) is 0 Å². The number of rotatable bonds is 11. The van der Waals surface area contributed by atoms with Crippen LogP contribution in [0.3, 0.4) is 0 Å². The van der Waals surface area contributed by atoms with Crippen molar-refractivity contribution in [3.8, 4) is 16.9 Å². The van der Waals surface area contributed by atoms with Crippen LogP contribution < -0.4 is 10.1 Å². The van der Waals surface area contributed by atoms with Crippen LogP contribution >= 0.6 is 0 Å². The minimum atomic E-state index is -0.336. The van der Waals surface area contributed by atoms with Crippen LogP contribution in [0.25, 0.3) is 11.1 Å². The molecule has 0 spiro atoms. The molecule has 3 rings (SSSR count). The van der Waals surface area contributed by atoms with Crippen LogP contribution in [0.1, 0.15) is 30.6 Å². The lowest BCUT2D eigenvalue weighted by Crippen LogP contribution is -2.27. The number of Topliss-reactive ketones (excluding diaryl/α,β-unsaturated/α-hetero) is 1. The Hall–Kier alpha value is -3.44. The van der Waals surface area contributed by atoms with Gasteiger partial charge in [-0.15, -0.1) is 0 Å². The largest absolute Gasteiger partial charge is 0.492 e. The maximum Gasteiger partial charge on any atom is 0.232 e. The molecule has 1 N–H and O–H groups in total. The molecule has 0 radical (unpaired) electrons. The first-order chi connectivity index (χ1) is 15.6. The highest BCUT2D eigenvalue weighted by Gasteiger charge is 2.12. The van der Waals surface area contributed by atoms with E-state index >= 15 is 0 Å². The monoisotopic (exact) mass is 430 g/mol. The molecular weight excluding hydrogens is 400 g/mol. The highest BCUT2D eigenvalue weighted by atomic mass is 16.5. The predicted molar refractivity (Wildman–Crippen MR) is 129 cm³/mol. The maximum absolute atomic E-state index is 12.5. The number of carbonyl (C=O) groups is 2. The number of ether oxygens (including phenoxy) is 1. The standard InChI is InChI=1S/C27H30N2O3/c1-3-29(4-2)18-19-32-25-16-14-24(15-17-25)28-27(31)20-26(30)23-12-10-22(11-13-23)21-8-6-5-7-9-21/h5-17H,3-4,18-20H2,1-2H3,(H,28,31). The molecule has 0 aromatic heterocycles. The van der Waals surface area contributed by atoms with Gasteiger partial charge in [0.15, 0.2) is 5.78 Å². The van der Waals surface area contributed by atoms with E-state index in [-0.39, 0.29) is 18.1 Å². The van der Waals surface area contributed by atoms with Crippen LogP contribution in [0.5, 0.6) is 5.75 Å². The number of nitrogens with one attached hydrogen (secondary N) is 1. The fourth-order valence-electron chi connectivity index (χ4n) is 3.40. The number of nitrogens with zero attached hydrogens (tertiary/aromatic N) is 1. The van der Waals surface area contributed by atoms with Crippen LogP contribution in [-0.2, 0) is 4.79 Å². The zero-order valence-corrected chi connectivity index (χ0v) is 18.7. The Bertz CT molecular complexity index is 995. The minimum absolute atomic E-state index is 0.202. The van der Waals surface area contributed by atoms with E-state index in [1.54, 1.807) is 24.3 Å². The van der Waals surface area contributed by atoms with E-state index in [1.807, 2.05) is 54.6 Å². The molecular formula is C27H30N2O3. The van der Waals surface area contributed by atoms with E-state index in [0.717, 1.165) is 36.5 Å². The van der Waals surface area contributed by atoms with Gasteiger partial charge in [-0.3, -0.25) is 9.59 Å². The third kappa shape index (κ3) is 6.79. The van der Waals surface area contributed by atoms with Crippen molar-refractivity contribution in [1.29, 1.82) is 0 Å². The second kappa shape index (κ2) is 11.8. The molecule has 0 bridgehead atoms. The molecule has 1 amide bonds. The Balaban J connectivity index is 1.48. The third-order valence-electron chi connectivity index (χ3n) is 5.34. The van der Waals surface area contributed by atoms with E-state index < -0.39 is 0 Å². The van der Waals surface area contributed by atoms with Gasteiger partial charge in [0.25, 0.3) is 0 Å². The summed E-state index contributed by atoms with van der Waals surface area (Å²) in [6, 6.07) is 24.5. The predicted octanol–water partition coefficient (Wildman–Crippen LogP) is 5.29. The van der Waals surface area contributed by atoms with E-state index in [4.69, 9.17) is 4.74 Å². The van der Waals surface area contributed by atoms with Crippen LogP contribution in [0.4, 0.5) is 5.69 Å². The van der Waals surface area contributed by atoms with Gasteiger partial charge in [0, 0.05) is 17.8 Å². The Morgan fingerprint density at radius 3 is 2.06 bits per heavy atom.